The molecule has 0 amide bonds. The van der Waals surface area contributed by atoms with Crippen LogP contribution in [0.3, 0.4) is 0 Å². The average Bonchev–Trinajstić information content (AvgIpc) is 2.06. The van der Waals surface area contributed by atoms with Crippen LogP contribution >= 0.6 is 0 Å². The highest BCUT2D eigenvalue weighted by molar-refractivity contribution is 4.90. The van der Waals surface area contributed by atoms with Crippen molar-refractivity contribution in [2.24, 2.45) is 5.73 Å². The molecule has 3 nitrogen and oxygen atoms in total. The molecule has 0 aliphatic carbocycles. The number of rotatable bonds is 3. The van der Waals surface area contributed by atoms with Gasteiger partial charge in [0.15, 0.2) is 0 Å². The summed E-state index contributed by atoms with van der Waals surface area (Å²) >= 11 is 0. The molecule has 0 fully saturated rings. The van der Waals surface area contributed by atoms with Crippen LogP contribution in [0.1, 0.15) is 19.2 Å². The number of hydrogen-bond acceptors (Lipinski definition) is 3. The van der Waals surface area contributed by atoms with E-state index in [4.69, 9.17) is 5.73 Å². The van der Waals surface area contributed by atoms with Gasteiger partial charge in [0.1, 0.15) is 5.82 Å². The van der Waals surface area contributed by atoms with Crippen molar-refractivity contribution in [3.05, 3.63) is 24.3 Å². The Balaban J connectivity index is 2.51. The summed E-state index contributed by atoms with van der Waals surface area (Å²) in [6, 6.07) is 2.00. The van der Waals surface area contributed by atoms with Crippen molar-refractivity contribution < 1.29 is 0 Å². The van der Waals surface area contributed by atoms with E-state index in [9.17, 15) is 0 Å². The molecule has 0 aliphatic rings. The van der Waals surface area contributed by atoms with Gasteiger partial charge in [-0.1, -0.05) is 6.92 Å². The Labute approximate surface area is 66.7 Å². The van der Waals surface area contributed by atoms with Crippen molar-refractivity contribution >= 4 is 0 Å². The molecule has 60 valence electrons. The number of hydrogen-bond donors (Lipinski definition) is 1. The Kier molecular flexibility index (Phi) is 2.98. The zero-order valence-electron chi connectivity index (χ0n) is 6.70. The molecule has 1 heterocycles. The second-order valence-corrected chi connectivity index (χ2v) is 2.54. The molecule has 1 rings (SSSR count). The third-order valence-electron chi connectivity index (χ3n) is 1.59. The molecule has 3 heteroatoms. The number of aromatic nitrogens is 2. The van der Waals surface area contributed by atoms with Crippen molar-refractivity contribution in [1.29, 1.82) is 0 Å². The van der Waals surface area contributed by atoms with E-state index in [1.807, 2.05) is 0 Å². The maximum atomic E-state index is 5.72. The Morgan fingerprint density at radius 3 is 2.64 bits per heavy atom. The molecule has 1 aromatic rings. The smallest absolute Gasteiger partial charge is 0.129 e. The molecule has 0 aromatic carbocycles. The maximum absolute atomic E-state index is 5.72. The summed E-state index contributed by atoms with van der Waals surface area (Å²) in [4.78, 5) is 8.15. The van der Waals surface area contributed by atoms with Gasteiger partial charge < -0.3 is 5.73 Å². The first-order valence-corrected chi connectivity index (χ1v) is 3.84. The first kappa shape index (κ1) is 8.14. The van der Waals surface area contributed by atoms with Crippen LogP contribution in [0.15, 0.2) is 18.5 Å². The fraction of sp³-hybridized carbons (Fsp3) is 0.500. The fourth-order valence-electron chi connectivity index (χ4n) is 0.814. The van der Waals surface area contributed by atoms with Crippen molar-refractivity contribution in [3.8, 4) is 0 Å². The average molecular weight is 151 g/mol. The molecule has 11 heavy (non-hydrogen) atoms. The van der Waals surface area contributed by atoms with Gasteiger partial charge in [0.05, 0.1) is 0 Å². The minimum absolute atomic E-state index is 0.192. The molecule has 0 spiro atoms. The lowest BCUT2D eigenvalue weighted by atomic mass is 10.1. The van der Waals surface area contributed by atoms with Gasteiger partial charge in [-0.05, 0) is 12.5 Å². The molecular formula is C8H13N3. The minimum Gasteiger partial charge on any atom is -0.327 e. The Hall–Kier alpha value is -0.960. The van der Waals surface area contributed by atoms with Crippen LogP contribution in [0.5, 0.6) is 0 Å². The molecule has 0 radical (unpaired) electrons. The van der Waals surface area contributed by atoms with Gasteiger partial charge in [-0.3, -0.25) is 0 Å². The van der Waals surface area contributed by atoms with Gasteiger partial charge in [-0.15, -0.1) is 0 Å². The normalized spacial score (nSPS) is 12.9. The first-order chi connectivity index (χ1) is 5.33. The molecular weight excluding hydrogens is 138 g/mol. The van der Waals surface area contributed by atoms with Crippen LogP contribution in [0, 0.1) is 0 Å². The van der Waals surface area contributed by atoms with Crippen molar-refractivity contribution in [2.75, 3.05) is 0 Å². The van der Waals surface area contributed by atoms with Crippen LogP contribution < -0.4 is 5.73 Å². The molecule has 1 aromatic heterocycles. The second kappa shape index (κ2) is 4.03. The molecule has 2 N–H and O–H groups in total. The Morgan fingerprint density at radius 2 is 2.09 bits per heavy atom. The Bertz CT molecular complexity index is 198. The molecule has 0 unspecified atom stereocenters. The standard InChI is InChI=1S/C8H13N3/c1-2-7(9)6-8-10-4-3-5-11-8/h3-5,7H,2,6,9H2,1H3/t7-/m1/s1. The lowest BCUT2D eigenvalue weighted by molar-refractivity contribution is 0.624. The summed E-state index contributed by atoms with van der Waals surface area (Å²) in [5, 5.41) is 0. The van der Waals surface area contributed by atoms with Crippen molar-refractivity contribution in [2.45, 2.75) is 25.8 Å². The van der Waals surface area contributed by atoms with E-state index in [1.165, 1.54) is 0 Å². The van der Waals surface area contributed by atoms with E-state index in [0.717, 1.165) is 18.7 Å². The predicted molar refractivity (Wildman–Crippen MR) is 44.0 cm³/mol. The molecule has 1 atom stereocenters. The van der Waals surface area contributed by atoms with E-state index in [1.54, 1.807) is 18.5 Å². The third kappa shape index (κ3) is 2.63. The summed E-state index contributed by atoms with van der Waals surface area (Å²) in [6.45, 7) is 2.06. The second-order valence-electron chi connectivity index (χ2n) is 2.54. The minimum atomic E-state index is 0.192. The molecule has 0 bridgehead atoms. The van der Waals surface area contributed by atoms with Gasteiger partial charge >= 0.3 is 0 Å². The molecule has 0 saturated carbocycles. The maximum Gasteiger partial charge on any atom is 0.129 e. The van der Waals surface area contributed by atoms with Crippen LogP contribution in [-0.4, -0.2) is 16.0 Å². The van der Waals surface area contributed by atoms with E-state index < -0.39 is 0 Å². The number of nitrogens with zero attached hydrogens (tertiary/aromatic N) is 2. The fourth-order valence-corrected chi connectivity index (χ4v) is 0.814. The highest BCUT2D eigenvalue weighted by Crippen LogP contribution is 1.95. The van der Waals surface area contributed by atoms with E-state index >= 15 is 0 Å². The van der Waals surface area contributed by atoms with Crippen LogP contribution in [-0.2, 0) is 6.42 Å². The topological polar surface area (TPSA) is 51.8 Å². The van der Waals surface area contributed by atoms with Crippen LogP contribution in [0.4, 0.5) is 0 Å². The Morgan fingerprint density at radius 1 is 1.45 bits per heavy atom. The quantitative estimate of drug-likeness (QED) is 0.693. The van der Waals surface area contributed by atoms with Gasteiger partial charge in [-0.2, -0.15) is 0 Å². The number of nitrogens with two attached hydrogens (primary N) is 1. The lowest BCUT2D eigenvalue weighted by Gasteiger charge is -2.05. The van der Waals surface area contributed by atoms with Crippen LogP contribution in [0.25, 0.3) is 0 Å². The van der Waals surface area contributed by atoms with E-state index in [0.29, 0.717) is 0 Å². The SMILES string of the molecule is CC[C@@H](N)Cc1ncccn1. The summed E-state index contributed by atoms with van der Waals surface area (Å²) in [6.07, 6.45) is 5.23. The summed E-state index contributed by atoms with van der Waals surface area (Å²) in [7, 11) is 0. The summed E-state index contributed by atoms with van der Waals surface area (Å²) < 4.78 is 0. The van der Waals surface area contributed by atoms with Gasteiger partial charge in [0.2, 0.25) is 0 Å². The van der Waals surface area contributed by atoms with Gasteiger partial charge in [0.25, 0.3) is 0 Å². The zero-order chi connectivity index (χ0) is 8.10. The summed E-state index contributed by atoms with van der Waals surface area (Å²) in [5.74, 6) is 0.835. The molecule has 0 saturated heterocycles. The lowest BCUT2D eigenvalue weighted by Crippen LogP contribution is -2.22. The van der Waals surface area contributed by atoms with Crippen molar-refractivity contribution in [1.82, 2.24) is 9.97 Å². The van der Waals surface area contributed by atoms with Crippen LogP contribution in [0.2, 0.25) is 0 Å². The zero-order valence-corrected chi connectivity index (χ0v) is 6.70. The van der Waals surface area contributed by atoms with Gasteiger partial charge in [0, 0.05) is 24.9 Å². The third-order valence-corrected chi connectivity index (χ3v) is 1.59. The largest absolute Gasteiger partial charge is 0.327 e. The molecule has 0 aliphatic heterocycles. The summed E-state index contributed by atoms with van der Waals surface area (Å²) in [5.41, 5.74) is 5.72. The predicted octanol–water partition coefficient (Wildman–Crippen LogP) is 0.756. The van der Waals surface area contributed by atoms with Gasteiger partial charge in [-0.25, -0.2) is 9.97 Å². The highest BCUT2D eigenvalue weighted by atomic mass is 14.9. The van der Waals surface area contributed by atoms with E-state index in [2.05, 4.69) is 16.9 Å². The van der Waals surface area contributed by atoms with E-state index in [-0.39, 0.29) is 6.04 Å². The first-order valence-electron chi connectivity index (χ1n) is 3.84. The van der Waals surface area contributed by atoms with Crippen molar-refractivity contribution in [3.63, 3.8) is 0 Å². The highest BCUT2D eigenvalue weighted by Gasteiger charge is 2.01. The monoisotopic (exact) mass is 151 g/mol.